The molecule has 21 heavy (non-hydrogen) atoms. The van der Waals surface area contributed by atoms with Gasteiger partial charge in [0.1, 0.15) is 11.0 Å². The molecule has 0 fully saturated rings. The Bertz CT molecular complexity index is 840. The highest BCUT2D eigenvalue weighted by atomic mass is 35.5. The lowest BCUT2D eigenvalue weighted by Crippen LogP contribution is -2.13. The number of hydrogen-bond donors (Lipinski definition) is 1. The van der Waals surface area contributed by atoms with Gasteiger partial charge in [0.2, 0.25) is 0 Å². The Kier molecular flexibility index (Phi) is 3.45. The number of halogens is 2. The minimum atomic E-state index is -0.631. The third-order valence-corrected chi connectivity index (χ3v) is 3.08. The number of rotatable bonds is 2. The molecular weight excluding hydrogens is 295 g/mol. The van der Waals surface area contributed by atoms with Crippen LogP contribution in [0.15, 0.2) is 42.9 Å². The molecule has 5 nitrogen and oxygen atoms in total. The number of anilines is 1. The van der Waals surface area contributed by atoms with Crippen molar-refractivity contribution in [2.45, 2.75) is 0 Å². The molecule has 0 saturated heterocycles. The van der Waals surface area contributed by atoms with E-state index >= 15 is 0 Å². The van der Waals surface area contributed by atoms with E-state index in [4.69, 9.17) is 11.6 Å². The van der Waals surface area contributed by atoms with Crippen LogP contribution in [0, 0.1) is 5.82 Å². The zero-order chi connectivity index (χ0) is 14.8. The number of fused-ring (bicyclic) bond motifs is 1. The van der Waals surface area contributed by atoms with Crippen LogP contribution in [-0.4, -0.2) is 20.9 Å². The molecule has 2 aromatic heterocycles. The van der Waals surface area contributed by atoms with Crippen LogP contribution in [0.3, 0.4) is 0 Å². The lowest BCUT2D eigenvalue weighted by molar-refractivity contribution is 0.102. The van der Waals surface area contributed by atoms with Crippen molar-refractivity contribution in [2.75, 3.05) is 5.32 Å². The summed E-state index contributed by atoms with van der Waals surface area (Å²) in [5.74, 6) is -1.18. The second-order valence-corrected chi connectivity index (χ2v) is 4.56. The summed E-state index contributed by atoms with van der Waals surface area (Å²) in [7, 11) is 0. The zero-order valence-electron chi connectivity index (χ0n) is 10.5. The molecular formula is C14H8ClFN4O. The van der Waals surface area contributed by atoms with Crippen molar-refractivity contribution in [2.24, 2.45) is 0 Å². The van der Waals surface area contributed by atoms with Crippen molar-refractivity contribution in [1.82, 2.24) is 15.0 Å². The van der Waals surface area contributed by atoms with Crippen molar-refractivity contribution in [3.05, 3.63) is 59.4 Å². The first-order valence-electron chi connectivity index (χ1n) is 5.96. The molecule has 0 aliphatic heterocycles. The second kappa shape index (κ2) is 5.41. The van der Waals surface area contributed by atoms with Crippen molar-refractivity contribution < 1.29 is 9.18 Å². The number of aromatic nitrogens is 3. The smallest absolute Gasteiger partial charge is 0.258 e. The number of pyridine rings is 1. The number of nitrogens with zero attached hydrogens (tertiary/aromatic N) is 3. The van der Waals surface area contributed by atoms with Crippen molar-refractivity contribution >= 4 is 34.2 Å². The standard InChI is InChI=1S/C14H8ClFN4O/c15-13-10(5-8(16)7-19-13)14(21)20-9-1-2-11-12(6-9)18-4-3-17-11/h1-7H,(H,20,21). The van der Waals surface area contributed by atoms with Crippen molar-refractivity contribution in [3.8, 4) is 0 Å². The van der Waals surface area contributed by atoms with Gasteiger partial charge in [0, 0.05) is 18.1 Å². The van der Waals surface area contributed by atoms with E-state index in [0.717, 1.165) is 12.3 Å². The third-order valence-electron chi connectivity index (χ3n) is 2.78. The lowest BCUT2D eigenvalue weighted by atomic mass is 10.2. The number of carbonyl (C=O) groups excluding carboxylic acids is 1. The molecule has 104 valence electrons. The van der Waals surface area contributed by atoms with Crippen LogP contribution in [0.5, 0.6) is 0 Å². The van der Waals surface area contributed by atoms with Crippen LogP contribution < -0.4 is 5.32 Å². The number of amides is 1. The molecule has 0 radical (unpaired) electrons. The molecule has 0 unspecified atom stereocenters. The maximum Gasteiger partial charge on any atom is 0.258 e. The maximum absolute atomic E-state index is 13.1. The highest BCUT2D eigenvalue weighted by Crippen LogP contribution is 2.18. The van der Waals surface area contributed by atoms with Crippen LogP contribution >= 0.6 is 11.6 Å². The fourth-order valence-electron chi connectivity index (χ4n) is 1.82. The van der Waals surface area contributed by atoms with Gasteiger partial charge >= 0.3 is 0 Å². The predicted octanol–water partition coefficient (Wildman–Crippen LogP) is 3.07. The van der Waals surface area contributed by atoms with E-state index < -0.39 is 11.7 Å². The number of benzene rings is 1. The van der Waals surface area contributed by atoms with Gasteiger partial charge in [-0.3, -0.25) is 14.8 Å². The maximum atomic E-state index is 13.1. The second-order valence-electron chi connectivity index (χ2n) is 4.21. The summed E-state index contributed by atoms with van der Waals surface area (Å²) in [6, 6.07) is 6.10. The summed E-state index contributed by atoms with van der Waals surface area (Å²) >= 11 is 5.79. The molecule has 3 aromatic rings. The Morgan fingerprint density at radius 3 is 2.67 bits per heavy atom. The van der Waals surface area contributed by atoms with E-state index in [2.05, 4.69) is 20.3 Å². The molecule has 0 spiro atoms. The SMILES string of the molecule is O=C(Nc1ccc2nccnc2c1)c1cc(F)cnc1Cl. The Morgan fingerprint density at radius 2 is 1.86 bits per heavy atom. The van der Waals surface area contributed by atoms with Gasteiger partial charge in [-0.2, -0.15) is 0 Å². The molecule has 1 amide bonds. The summed E-state index contributed by atoms with van der Waals surface area (Å²) < 4.78 is 13.1. The van der Waals surface area contributed by atoms with Gasteiger partial charge in [-0.1, -0.05) is 11.6 Å². The zero-order valence-corrected chi connectivity index (χ0v) is 11.3. The number of nitrogens with one attached hydrogen (secondary N) is 1. The summed E-state index contributed by atoms with van der Waals surface area (Å²) in [5, 5.41) is 2.56. The fourth-order valence-corrected chi connectivity index (χ4v) is 2.01. The van der Waals surface area contributed by atoms with Crippen LogP contribution in [0.4, 0.5) is 10.1 Å². The Morgan fingerprint density at radius 1 is 1.10 bits per heavy atom. The molecule has 0 aliphatic rings. The minimum absolute atomic E-state index is 0.0316. The van der Waals surface area contributed by atoms with Gasteiger partial charge in [-0.25, -0.2) is 9.37 Å². The topological polar surface area (TPSA) is 67.8 Å². The summed E-state index contributed by atoms with van der Waals surface area (Å²) in [6.45, 7) is 0. The van der Waals surface area contributed by atoms with Crippen LogP contribution in [-0.2, 0) is 0 Å². The van der Waals surface area contributed by atoms with Crippen LogP contribution in [0.2, 0.25) is 5.15 Å². The predicted molar refractivity (Wildman–Crippen MR) is 76.7 cm³/mol. The van der Waals surface area contributed by atoms with Gasteiger partial charge in [-0.15, -0.1) is 0 Å². The number of carbonyl (C=O) groups is 1. The molecule has 2 heterocycles. The Balaban J connectivity index is 1.90. The van der Waals surface area contributed by atoms with Gasteiger partial charge in [0.25, 0.3) is 5.91 Å². The number of hydrogen-bond acceptors (Lipinski definition) is 4. The first-order chi connectivity index (χ1) is 10.1. The van der Waals surface area contributed by atoms with E-state index in [1.54, 1.807) is 30.6 Å². The fraction of sp³-hybridized carbons (Fsp3) is 0. The van der Waals surface area contributed by atoms with Crippen LogP contribution in [0.1, 0.15) is 10.4 Å². The average molecular weight is 303 g/mol. The largest absolute Gasteiger partial charge is 0.322 e. The van der Waals surface area contributed by atoms with Crippen molar-refractivity contribution in [1.29, 1.82) is 0 Å². The van der Waals surface area contributed by atoms with Gasteiger partial charge < -0.3 is 5.32 Å². The lowest BCUT2D eigenvalue weighted by Gasteiger charge is -2.07. The minimum Gasteiger partial charge on any atom is -0.322 e. The highest BCUT2D eigenvalue weighted by Gasteiger charge is 2.13. The van der Waals surface area contributed by atoms with Gasteiger partial charge in [0.05, 0.1) is 22.8 Å². The van der Waals surface area contributed by atoms with E-state index in [0.29, 0.717) is 16.7 Å². The average Bonchev–Trinajstić information content (AvgIpc) is 2.49. The Labute approximate surface area is 123 Å². The Hall–Kier alpha value is -2.60. The quantitative estimate of drug-likeness (QED) is 0.739. The van der Waals surface area contributed by atoms with E-state index in [9.17, 15) is 9.18 Å². The third kappa shape index (κ3) is 2.80. The molecule has 0 bridgehead atoms. The summed E-state index contributed by atoms with van der Waals surface area (Å²) in [6.07, 6.45) is 4.09. The summed E-state index contributed by atoms with van der Waals surface area (Å²) in [5.41, 5.74) is 1.82. The van der Waals surface area contributed by atoms with Gasteiger partial charge in [-0.05, 0) is 24.3 Å². The van der Waals surface area contributed by atoms with E-state index in [1.165, 1.54) is 0 Å². The van der Waals surface area contributed by atoms with Gasteiger partial charge in [0.15, 0.2) is 0 Å². The molecule has 3 rings (SSSR count). The molecule has 0 saturated carbocycles. The molecule has 1 N–H and O–H groups in total. The highest BCUT2D eigenvalue weighted by molar-refractivity contribution is 6.33. The normalized spacial score (nSPS) is 10.6. The molecule has 1 aromatic carbocycles. The first-order valence-corrected chi connectivity index (χ1v) is 6.34. The van der Waals surface area contributed by atoms with Crippen LogP contribution in [0.25, 0.3) is 11.0 Å². The van der Waals surface area contributed by atoms with E-state index in [-0.39, 0.29) is 10.7 Å². The summed E-state index contributed by atoms with van der Waals surface area (Å²) in [4.78, 5) is 24.0. The molecule has 0 aliphatic carbocycles. The first kappa shape index (κ1) is 13.4. The molecule has 7 heteroatoms. The molecule has 0 atom stereocenters. The van der Waals surface area contributed by atoms with Crippen molar-refractivity contribution in [3.63, 3.8) is 0 Å². The van der Waals surface area contributed by atoms with E-state index in [1.807, 2.05) is 0 Å². The monoisotopic (exact) mass is 302 g/mol.